The molecule has 4 heteroatoms. The molecule has 1 aromatic heterocycles. The monoisotopic (exact) mass is 222 g/mol. The second-order valence-electron chi connectivity index (χ2n) is 4.34. The van der Waals surface area contributed by atoms with E-state index in [-0.39, 0.29) is 18.0 Å². The van der Waals surface area contributed by atoms with Crippen LogP contribution in [0, 0.1) is 0 Å². The minimum absolute atomic E-state index is 0.000879. The van der Waals surface area contributed by atoms with Gasteiger partial charge in [-0.15, -0.1) is 0 Å². The molecule has 0 aliphatic carbocycles. The van der Waals surface area contributed by atoms with Crippen molar-refractivity contribution in [1.29, 1.82) is 0 Å². The Morgan fingerprint density at radius 3 is 3.25 bits per heavy atom. The van der Waals surface area contributed by atoms with Crippen molar-refractivity contribution in [2.24, 2.45) is 0 Å². The van der Waals surface area contributed by atoms with Crippen molar-refractivity contribution >= 4 is 5.91 Å². The van der Waals surface area contributed by atoms with Crippen LogP contribution in [-0.2, 0) is 11.2 Å². The predicted octanol–water partition coefficient (Wildman–Crippen LogP) is 1.08. The highest BCUT2D eigenvalue weighted by atomic mass is 16.3. The van der Waals surface area contributed by atoms with Crippen LogP contribution in [0.25, 0.3) is 0 Å². The zero-order chi connectivity index (χ0) is 11.4. The largest absolute Gasteiger partial charge is 0.469 e. The van der Waals surface area contributed by atoms with E-state index in [9.17, 15) is 4.79 Å². The minimum atomic E-state index is -0.000879. The maximum Gasteiger partial charge on any atom is 0.237 e. The Morgan fingerprint density at radius 1 is 1.75 bits per heavy atom. The number of furan rings is 1. The van der Waals surface area contributed by atoms with Gasteiger partial charge in [0.1, 0.15) is 5.76 Å². The van der Waals surface area contributed by atoms with Crippen molar-refractivity contribution in [3.8, 4) is 0 Å². The van der Waals surface area contributed by atoms with Gasteiger partial charge in [-0.25, -0.2) is 0 Å². The summed E-state index contributed by atoms with van der Waals surface area (Å²) < 4.78 is 5.24. The van der Waals surface area contributed by atoms with E-state index in [1.807, 2.05) is 19.1 Å². The van der Waals surface area contributed by atoms with Gasteiger partial charge in [-0.1, -0.05) is 0 Å². The SMILES string of the molecule is CC(Cc1ccco1)NC(=O)[C@@H]1CCCN1. The molecule has 0 spiro atoms. The van der Waals surface area contributed by atoms with Crippen LogP contribution in [-0.4, -0.2) is 24.5 Å². The Balaban J connectivity index is 1.78. The molecule has 4 nitrogen and oxygen atoms in total. The summed E-state index contributed by atoms with van der Waals surface area (Å²) in [5.74, 6) is 1.02. The molecule has 2 heterocycles. The molecule has 0 radical (unpaired) electrons. The Kier molecular flexibility index (Phi) is 3.62. The van der Waals surface area contributed by atoms with E-state index >= 15 is 0 Å². The first kappa shape index (κ1) is 11.2. The van der Waals surface area contributed by atoms with Crippen molar-refractivity contribution in [1.82, 2.24) is 10.6 Å². The Labute approximate surface area is 95.4 Å². The van der Waals surface area contributed by atoms with E-state index in [1.165, 1.54) is 0 Å². The second-order valence-corrected chi connectivity index (χ2v) is 4.34. The van der Waals surface area contributed by atoms with E-state index in [2.05, 4.69) is 10.6 Å². The summed E-state index contributed by atoms with van der Waals surface area (Å²) in [5, 5.41) is 6.18. The number of rotatable bonds is 4. The molecule has 1 amide bonds. The van der Waals surface area contributed by atoms with E-state index in [4.69, 9.17) is 4.42 Å². The smallest absolute Gasteiger partial charge is 0.237 e. The topological polar surface area (TPSA) is 54.3 Å². The van der Waals surface area contributed by atoms with Gasteiger partial charge in [0.2, 0.25) is 5.91 Å². The summed E-state index contributed by atoms with van der Waals surface area (Å²) in [6.07, 6.45) is 4.43. The molecule has 1 fully saturated rings. The van der Waals surface area contributed by atoms with Gasteiger partial charge in [0, 0.05) is 12.5 Å². The molecule has 1 aliphatic heterocycles. The number of carbonyl (C=O) groups excluding carboxylic acids is 1. The number of amides is 1. The fourth-order valence-electron chi connectivity index (χ4n) is 2.03. The highest BCUT2D eigenvalue weighted by molar-refractivity contribution is 5.82. The fraction of sp³-hybridized carbons (Fsp3) is 0.583. The van der Waals surface area contributed by atoms with Gasteiger partial charge in [0.25, 0.3) is 0 Å². The summed E-state index contributed by atoms with van der Waals surface area (Å²) in [4.78, 5) is 11.8. The van der Waals surface area contributed by atoms with Crippen molar-refractivity contribution in [3.05, 3.63) is 24.2 Å². The quantitative estimate of drug-likeness (QED) is 0.801. The van der Waals surface area contributed by atoms with Gasteiger partial charge in [-0.2, -0.15) is 0 Å². The van der Waals surface area contributed by atoms with E-state index < -0.39 is 0 Å². The van der Waals surface area contributed by atoms with Crippen LogP contribution in [0.2, 0.25) is 0 Å². The van der Waals surface area contributed by atoms with Gasteiger partial charge in [0.05, 0.1) is 12.3 Å². The maximum absolute atomic E-state index is 11.8. The number of hydrogen-bond donors (Lipinski definition) is 2. The molecule has 0 aromatic carbocycles. The normalized spacial score (nSPS) is 21.9. The first-order chi connectivity index (χ1) is 7.75. The first-order valence-corrected chi connectivity index (χ1v) is 5.82. The second kappa shape index (κ2) is 5.16. The molecule has 1 saturated heterocycles. The van der Waals surface area contributed by atoms with Gasteiger partial charge in [-0.3, -0.25) is 4.79 Å². The van der Waals surface area contributed by atoms with Crippen LogP contribution in [0.15, 0.2) is 22.8 Å². The van der Waals surface area contributed by atoms with Gasteiger partial charge in [0.15, 0.2) is 0 Å². The lowest BCUT2D eigenvalue weighted by atomic mass is 10.1. The van der Waals surface area contributed by atoms with Crippen LogP contribution >= 0.6 is 0 Å². The van der Waals surface area contributed by atoms with Crippen molar-refractivity contribution in [3.63, 3.8) is 0 Å². The Hall–Kier alpha value is -1.29. The lowest BCUT2D eigenvalue weighted by Gasteiger charge is -2.16. The summed E-state index contributed by atoms with van der Waals surface area (Å²) in [6.45, 7) is 2.94. The number of carbonyl (C=O) groups is 1. The third-order valence-corrected chi connectivity index (χ3v) is 2.85. The highest BCUT2D eigenvalue weighted by Crippen LogP contribution is 2.07. The summed E-state index contributed by atoms with van der Waals surface area (Å²) in [6, 6.07) is 3.90. The standard InChI is InChI=1S/C12H18N2O2/c1-9(8-10-4-3-7-16-10)14-12(15)11-5-2-6-13-11/h3-4,7,9,11,13H,2,5-6,8H2,1H3,(H,14,15)/t9?,11-/m0/s1. The number of nitrogens with one attached hydrogen (secondary N) is 2. The third-order valence-electron chi connectivity index (χ3n) is 2.85. The van der Waals surface area contributed by atoms with Crippen molar-refractivity contribution < 1.29 is 9.21 Å². The molecule has 88 valence electrons. The molecule has 2 atom stereocenters. The van der Waals surface area contributed by atoms with Crippen LogP contribution in [0.1, 0.15) is 25.5 Å². The molecule has 1 unspecified atom stereocenters. The lowest BCUT2D eigenvalue weighted by Crippen LogP contribution is -2.44. The van der Waals surface area contributed by atoms with Crippen LogP contribution in [0.5, 0.6) is 0 Å². The zero-order valence-electron chi connectivity index (χ0n) is 9.53. The molecular formula is C12H18N2O2. The molecule has 0 saturated carbocycles. The zero-order valence-corrected chi connectivity index (χ0v) is 9.53. The summed E-state index contributed by atoms with van der Waals surface area (Å²) in [5.41, 5.74) is 0. The summed E-state index contributed by atoms with van der Waals surface area (Å²) in [7, 11) is 0. The van der Waals surface area contributed by atoms with Crippen LogP contribution < -0.4 is 10.6 Å². The van der Waals surface area contributed by atoms with Crippen molar-refractivity contribution in [2.45, 2.75) is 38.3 Å². The lowest BCUT2D eigenvalue weighted by molar-refractivity contribution is -0.123. The molecule has 16 heavy (non-hydrogen) atoms. The van der Waals surface area contributed by atoms with Crippen LogP contribution in [0.3, 0.4) is 0 Å². The number of hydrogen-bond acceptors (Lipinski definition) is 3. The molecule has 1 aromatic rings. The maximum atomic E-state index is 11.8. The Bertz CT molecular complexity index is 329. The van der Waals surface area contributed by atoms with Crippen LogP contribution in [0.4, 0.5) is 0 Å². The molecular weight excluding hydrogens is 204 g/mol. The molecule has 0 bridgehead atoms. The van der Waals surface area contributed by atoms with Crippen molar-refractivity contribution in [2.75, 3.05) is 6.54 Å². The molecule has 2 N–H and O–H groups in total. The van der Waals surface area contributed by atoms with Gasteiger partial charge < -0.3 is 15.1 Å². The highest BCUT2D eigenvalue weighted by Gasteiger charge is 2.23. The summed E-state index contributed by atoms with van der Waals surface area (Å²) >= 11 is 0. The first-order valence-electron chi connectivity index (χ1n) is 5.82. The third kappa shape index (κ3) is 2.85. The Morgan fingerprint density at radius 2 is 2.62 bits per heavy atom. The average molecular weight is 222 g/mol. The fourth-order valence-corrected chi connectivity index (χ4v) is 2.03. The van der Waals surface area contributed by atoms with Gasteiger partial charge in [-0.05, 0) is 38.4 Å². The predicted molar refractivity (Wildman–Crippen MR) is 61.0 cm³/mol. The average Bonchev–Trinajstić information content (AvgIpc) is 2.88. The molecule has 1 aliphatic rings. The van der Waals surface area contributed by atoms with E-state index in [0.717, 1.165) is 31.6 Å². The van der Waals surface area contributed by atoms with E-state index in [1.54, 1.807) is 6.26 Å². The molecule has 2 rings (SSSR count). The minimum Gasteiger partial charge on any atom is -0.469 e. The van der Waals surface area contributed by atoms with Gasteiger partial charge >= 0.3 is 0 Å². The van der Waals surface area contributed by atoms with E-state index in [0.29, 0.717) is 0 Å².